The first-order chi connectivity index (χ1) is 8.70. The molecule has 2 heterocycles. The summed E-state index contributed by atoms with van der Waals surface area (Å²) in [6.45, 7) is 7.96. The highest BCUT2D eigenvalue weighted by Crippen LogP contribution is 2.34. The van der Waals surface area contributed by atoms with Gasteiger partial charge in [-0.05, 0) is 34.1 Å². The largest absolute Gasteiger partial charge is 0.493 e. The number of nitrogens with zero attached hydrogens (tertiary/aromatic N) is 3. The minimum Gasteiger partial charge on any atom is -0.493 e. The molecular weight excluding hydrogens is 246 g/mol. The van der Waals surface area contributed by atoms with Gasteiger partial charge in [-0.2, -0.15) is 5.10 Å². The molecule has 1 N–H and O–H groups in total. The van der Waals surface area contributed by atoms with Gasteiger partial charge in [0.1, 0.15) is 5.60 Å². The number of aryl methyl sites for hydroxylation is 1. The van der Waals surface area contributed by atoms with Gasteiger partial charge >= 0.3 is 6.09 Å². The van der Waals surface area contributed by atoms with Gasteiger partial charge in [-0.15, -0.1) is 0 Å². The lowest BCUT2D eigenvalue weighted by Crippen LogP contribution is -2.42. The molecule has 0 aliphatic carbocycles. The van der Waals surface area contributed by atoms with Gasteiger partial charge in [0.15, 0.2) is 0 Å². The first-order valence-electron chi connectivity index (χ1n) is 6.45. The lowest BCUT2D eigenvalue weighted by molar-refractivity contribution is 0.0155. The van der Waals surface area contributed by atoms with Crippen LogP contribution in [0.4, 0.5) is 4.79 Å². The van der Waals surface area contributed by atoms with Crippen LogP contribution in [0, 0.1) is 0 Å². The van der Waals surface area contributed by atoms with E-state index in [0.717, 1.165) is 11.3 Å². The molecule has 0 saturated heterocycles. The molecule has 6 nitrogen and oxygen atoms in total. The Morgan fingerprint density at radius 1 is 1.47 bits per heavy atom. The monoisotopic (exact) mass is 267 g/mol. The number of hydrogen-bond acceptors (Lipinski definition) is 4. The first-order valence-corrected chi connectivity index (χ1v) is 6.45. The summed E-state index contributed by atoms with van der Waals surface area (Å²) in [5.41, 5.74) is 1.07. The molecule has 0 bridgehead atoms. The fraction of sp³-hybridized carbons (Fsp3) is 0.692. The van der Waals surface area contributed by atoms with Crippen LogP contribution in [0.1, 0.15) is 45.0 Å². The Hall–Kier alpha value is -1.72. The highest BCUT2D eigenvalue weighted by molar-refractivity contribution is 5.69. The number of aromatic nitrogens is 2. The molecule has 0 fully saturated rings. The van der Waals surface area contributed by atoms with Crippen LogP contribution in [0.5, 0.6) is 5.88 Å². The zero-order valence-corrected chi connectivity index (χ0v) is 12.1. The number of rotatable bonds is 0. The standard InChI is InChI=1S/C13H21N3O3/c1-8-10-9(11(17)15(5)14-10)6-7-16(8)12(18)19-13(2,3)4/h8,17H,6-7H2,1-5H3. The summed E-state index contributed by atoms with van der Waals surface area (Å²) in [5, 5.41) is 14.2. The molecule has 0 radical (unpaired) electrons. The molecule has 19 heavy (non-hydrogen) atoms. The van der Waals surface area contributed by atoms with Crippen LogP contribution in [-0.4, -0.2) is 38.0 Å². The van der Waals surface area contributed by atoms with Crippen molar-refractivity contribution in [2.45, 2.75) is 45.8 Å². The molecule has 1 amide bonds. The molecule has 2 rings (SSSR count). The van der Waals surface area contributed by atoms with Crippen molar-refractivity contribution in [3.63, 3.8) is 0 Å². The summed E-state index contributed by atoms with van der Waals surface area (Å²) in [4.78, 5) is 13.8. The number of carbonyl (C=O) groups excluding carboxylic acids is 1. The van der Waals surface area contributed by atoms with E-state index in [0.29, 0.717) is 13.0 Å². The molecule has 1 unspecified atom stereocenters. The number of carbonyl (C=O) groups is 1. The fourth-order valence-electron chi connectivity index (χ4n) is 2.30. The second kappa shape index (κ2) is 4.43. The summed E-state index contributed by atoms with van der Waals surface area (Å²) < 4.78 is 6.83. The molecule has 1 atom stereocenters. The minimum absolute atomic E-state index is 0.186. The van der Waals surface area contributed by atoms with Gasteiger partial charge in [-0.3, -0.25) is 4.90 Å². The Bertz CT molecular complexity index is 502. The third kappa shape index (κ3) is 2.52. The van der Waals surface area contributed by atoms with Gasteiger partial charge in [0.05, 0.1) is 11.7 Å². The van der Waals surface area contributed by atoms with Crippen molar-refractivity contribution in [1.29, 1.82) is 0 Å². The average molecular weight is 267 g/mol. The van der Waals surface area contributed by atoms with E-state index in [1.807, 2.05) is 27.7 Å². The maximum Gasteiger partial charge on any atom is 0.410 e. The van der Waals surface area contributed by atoms with Crippen LogP contribution >= 0.6 is 0 Å². The van der Waals surface area contributed by atoms with Crippen LogP contribution < -0.4 is 0 Å². The van der Waals surface area contributed by atoms with Crippen LogP contribution in [-0.2, 0) is 18.2 Å². The molecule has 106 valence electrons. The predicted octanol–water partition coefficient (Wildman–Crippen LogP) is 1.98. The lowest BCUT2D eigenvalue weighted by atomic mass is 10.0. The van der Waals surface area contributed by atoms with Gasteiger partial charge in [-0.1, -0.05) is 0 Å². The number of fused-ring (bicyclic) bond motifs is 1. The second-order valence-electron chi connectivity index (χ2n) is 5.91. The van der Waals surface area contributed by atoms with E-state index in [4.69, 9.17) is 4.74 Å². The summed E-state index contributed by atoms with van der Waals surface area (Å²) in [5.74, 6) is 0.186. The SMILES string of the molecule is CC1c2nn(C)c(O)c2CCN1C(=O)OC(C)(C)C. The highest BCUT2D eigenvalue weighted by Gasteiger charge is 2.34. The van der Waals surface area contributed by atoms with Crippen molar-refractivity contribution in [2.24, 2.45) is 7.05 Å². The zero-order valence-electron chi connectivity index (χ0n) is 12.1. The maximum atomic E-state index is 12.1. The topological polar surface area (TPSA) is 67.6 Å². The van der Waals surface area contributed by atoms with E-state index in [-0.39, 0.29) is 18.0 Å². The third-order valence-electron chi connectivity index (χ3n) is 3.24. The van der Waals surface area contributed by atoms with Crippen molar-refractivity contribution >= 4 is 6.09 Å². The smallest absolute Gasteiger partial charge is 0.410 e. The van der Waals surface area contributed by atoms with Crippen molar-refractivity contribution in [2.75, 3.05) is 6.54 Å². The van der Waals surface area contributed by atoms with Crippen molar-refractivity contribution in [1.82, 2.24) is 14.7 Å². The summed E-state index contributed by atoms with van der Waals surface area (Å²) in [7, 11) is 1.69. The van der Waals surface area contributed by atoms with E-state index in [1.54, 1.807) is 11.9 Å². The first kappa shape index (κ1) is 13.7. The summed E-state index contributed by atoms with van der Waals surface area (Å²) >= 11 is 0. The number of hydrogen-bond donors (Lipinski definition) is 1. The van der Waals surface area contributed by atoms with Gasteiger partial charge in [-0.25, -0.2) is 9.48 Å². The van der Waals surface area contributed by atoms with E-state index in [2.05, 4.69) is 5.10 Å². The second-order valence-corrected chi connectivity index (χ2v) is 5.91. The molecule has 0 spiro atoms. The van der Waals surface area contributed by atoms with E-state index in [9.17, 15) is 9.90 Å². The van der Waals surface area contributed by atoms with Crippen LogP contribution in [0.25, 0.3) is 0 Å². The van der Waals surface area contributed by atoms with Gasteiger partial charge in [0.25, 0.3) is 0 Å². The Labute approximate surface area is 113 Å². The molecule has 0 aromatic carbocycles. The van der Waals surface area contributed by atoms with Crippen molar-refractivity contribution in [3.05, 3.63) is 11.3 Å². The Kier molecular flexibility index (Phi) is 3.20. The number of ether oxygens (including phenoxy) is 1. The molecule has 1 aromatic heterocycles. The lowest BCUT2D eigenvalue weighted by Gasteiger charge is -2.34. The Balaban J connectivity index is 2.22. The van der Waals surface area contributed by atoms with Crippen LogP contribution in [0.3, 0.4) is 0 Å². The number of amides is 1. The van der Waals surface area contributed by atoms with Crippen LogP contribution in [0.15, 0.2) is 0 Å². The summed E-state index contributed by atoms with van der Waals surface area (Å²) in [6.07, 6.45) is 0.259. The van der Waals surface area contributed by atoms with Gasteiger partial charge in [0.2, 0.25) is 5.88 Å². The molecule has 0 saturated carbocycles. The van der Waals surface area contributed by atoms with E-state index >= 15 is 0 Å². The zero-order chi connectivity index (χ0) is 14.4. The third-order valence-corrected chi connectivity index (χ3v) is 3.24. The van der Waals surface area contributed by atoms with E-state index < -0.39 is 5.60 Å². The molecular formula is C13H21N3O3. The Morgan fingerprint density at radius 3 is 2.68 bits per heavy atom. The number of aromatic hydroxyl groups is 1. The average Bonchev–Trinajstić information content (AvgIpc) is 2.55. The fourth-order valence-corrected chi connectivity index (χ4v) is 2.30. The predicted molar refractivity (Wildman–Crippen MR) is 69.9 cm³/mol. The Morgan fingerprint density at radius 2 is 2.11 bits per heavy atom. The van der Waals surface area contributed by atoms with Crippen molar-refractivity contribution in [3.8, 4) is 5.88 Å². The van der Waals surface area contributed by atoms with Crippen LogP contribution in [0.2, 0.25) is 0 Å². The summed E-state index contributed by atoms with van der Waals surface area (Å²) in [6, 6.07) is -0.189. The normalized spacial score (nSPS) is 19.2. The van der Waals surface area contributed by atoms with Gasteiger partial charge < -0.3 is 9.84 Å². The van der Waals surface area contributed by atoms with Gasteiger partial charge in [0, 0.05) is 19.2 Å². The molecule has 1 aliphatic rings. The maximum absolute atomic E-state index is 12.1. The highest BCUT2D eigenvalue weighted by atomic mass is 16.6. The molecule has 1 aliphatic heterocycles. The minimum atomic E-state index is -0.511. The quantitative estimate of drug-likeness (QED) is 0.780. The molecule has 6 heteroatoms. The van der Waals surface area contributed by atoms with Crippen molar-refractivity contribution < 1.29 is 14.6 Å². The molecule has 1 aromatic rings. The van der Waals surface area contributed by atoms with E-state index in [1.165, 1.54) is 4.68 Å².